The van der Waals surface area contributed by atoms with Gasteiger partial charge in [-0.15, -0.1) is 0 Å². The van der Waals surface area contributed by atoms with Gasteiger partial charge < -0.3 is 15.5 Å². The van der Waals surface area contributed by atoms with Gasteiger partial charge in [-0.25, -0.2) is 9.78 Å². The second-order valence-corrected chi connectivity index (χ2v) is 5.48. The van der Waals surface area contributed by atoms with Gasteiger partial charge in [0.15, 0.2) is 11.2 Å². The van der Waals surface area contributed by atoms with Crippen molar-refractivity contribution in [1.82, 2.24) is 20.1 Å². The van der Waals surface area contributed by atoms with Crippen LogP contribution < -0.4 is 5.32 Å². The summed E-state index contributed by atoms with van der Waals surface area (Å²) in [6.07, 6.45) is 0. The van der Waals surface area contributed by atoms with Gasteiger partial charge in [-0.1, -0.05) is 0 Å². The van der Waals surface area contributed by atoms with Crippen LogP contribution in [-0.4, -0.2) is 49.0 Å². The van der Waals surface area contributed by atoms with Crippen molar-refractivity contribution in [3.63, 3.8) is 0 Å². The monoisotopic (exact) mass is 306 g/mol. The third-order valence-corrected chi connectivity index (χ3v) is 3.40. The average molecular weight is 306 g/mol. The van der Waals surface area contributed by atoms with E-state index in [0.29, 0.717) is 28.0 Å². The first-order chi connectivity index (χ1) is 10.1. The van der Waals surface area contributed by atoms with Crippen molar-refractivity contribution >= 4 is 22.9 Å². The number of carboxylic acid groups (broad SMARTS) is 1. The Labute approximate surface area is 126 Å². The summed E-state index contributed by atoms with van der Waals surface area (Å²) in [5.41, 5.74) is 0.202. The van der Waals surface area contributed by atoms with Gasteiger partial charge >= 0.3 is 5.97 Å². The number of amides is 1. The first kappa shape index (κ1) is 15.9. The molecule has 0 aliphatic rings. The lowest BCUT2D eigenvalue weighted by Gasteiger charge is -2.18. The third kappa shape index (κ3) is 2.77. The number of aromatic nitrogens is 3. The summed E-state index contributed by atoms with van der Waals surface area (Å²) >= 11 is 0. The fourth-order valence-electron chi connectivity index (χ4n) is 2.17. The van der Waals surface area contributed by atoms with E-state index in [1.165, 1.54) is 0 Å². The molecule has 8 nitrogen and oxygen atoms in total. The maximum absolute atomic E-state index is 12.4. The molecule has 22 heavy (non-hydrogen) atoms. The first-order valence-electron chi connectivity index (χ1n) is 6.68. The van der Waals surface area contributed by atoms with Crippen molar-refractivity contribution in [3.05, 3.63) is 23.0 Å². The van der Waals surface area contributed by atoms with Crippen LogP contribution in [-0.2, 0) is 11.8 Å². The smallest absolute Gasteiger partial charge is 0.337 e. The molecule has 2 heterocycles. The Balaban J connectivity index is 2.38. The molecule has 0 aliphatic heterocycles. The van der Waals surface area contributed by atoms with Gasteiger partial charge in [0.05, 0.1) is 23.2 Å². The molecule has 0 aromatic carbocycles. The fourth-order valence-corrected chi connectivity index (χ4v) is 2.17. The number of aliphatic hydroxyl groups is 1. The highest BCUT2D eigenvalue weighted by molar-refractivity contribution is 6.06. The van der Waals surface area contributed by atoms with Crippen LogP contribution in [0.1, 0.15) is 28.7 Å². The number of carbonyl (C=O) groups excluding carboxylic acids is 1. The fraction of sp³-hybridized carbons (Fsp3) is 0.429. The predicted molar refractivity (Wildman–Crippen MR) is 78.6 cm³/mol. The van der Waals surface area contributed by atoms with Gasteiger partial charge in [0.25, 0.3) is 5.91 Å². The number of nitrogens with one attached hydrogen (secondary N) is 1. The minimum atomic E-state index is -2.03. The van der Waals surface area contributed by atoms with Crippen molar-refractivity contribution < 1.29 is 19.8 Å². The molecule has 0 spiro atoms. The molecule has 1 unspecified atom stereocenters. The lowest BCUT2D eigenvalue weighted by atomic mass is 10.1. The molecule has 8 heteroatoms. The quantitative estimate of drug-likeness (QED) is 0.740. The Bertz CT molecular complexity index is 764. The highest BCUT2D eigenvalue weighted by Gasteiger charge is 2.30. The lowest BCUT2D eigenvalue weighted by molar-refractivity contribution is -0.155. The SMILES string of the molecule is Cc1cc(C(=O)NCC(C)(O)C(=O)O)c2c(C)nn(C)c2n1. The predicted octanol–water partition coefficient (Wildman–Crippen LogP) is 0.151. The number of carbonyl (C=O) groups is 2. The van der Waals surface area contributed by atoms with E-state index in [4.69, 9.17) is 5.11 Å². The Kier molecular flexibility index (Phi) is 3.89. The van der Waals surface area contributed by atoms with Gasteiger partial charge in [-0.3, -0.25) is 9.48 Å². The Morgan fingerprint density at radius 1 is 1.41 bits per heavy atom. The highest BCUT2D eigenvalue weighted by atomic mass is 16.4. The van der Waals surface area contributed by atoms with Crippen LogP contribution >= 0.6 is 0 Å². The number of hydrogen-bond acceptors (Lipinski definition) is 5. The van der Waals surface area contributed by atoms with Crippen LogP contribution in [0, 0.1) is 13.8 Å². The van der Waals surface area contributed by atoms with E-state index in [0.717, 1.165) is 6.92 Å². The van der Waals surface area contributed by atoms with E-state index in [-0.39, 0.29) is 0 Å². The Morgan fingerprint density at radius 2 is 2.05 bits per heavy atom. The molecule has 0 saturated heterocycles. The minimum Gasteiger partial charge on any atom is -0.479 e. The Hall–Kier alpha value is -2.48. The summed E-state index contributed by atoms with van der Waals surface area (Å²) in [7, 11) is 1.73. The number of rotatable bonds is 4. The topological polar surface area (TPSA) is 117 Å². The van der Waals surface area contributed by atoms with E-state index in [1.807, 2.05) is 0 Å². The molecule has 3 N–H and O–H groups in total. The number of fused-ring (bicyclic) bond motifs is 1. The van der Waals surface area contributed by atoms with Crippen LogP contribution in [0.2, 0.25) is 0 Å². The van der Waals surface area contributed by atoms with E-state index < -0.39 is 24.0 Å². The molecule has 0 fully saturated rings. The summed E-state index contributed by atoms with van der Waals surface area (Å²) in [6.45, 7) is 4.25. The molecular weight excluding hydrogens is 288 g/mol. The summed E-state index contributed by atoms with van der Waals surface area (Å²) in [6, 6.07) is 1.61. The van der Waals surface area contributed by atoms with E-state index in [9.17, 15) is 14.7 Å². The third-order valence-electron chi connectivity index (χ3n) is 3.40. The summed E-state index contributed by atoms with van der Waals surface area (Å²) in [4.78, 5) is 27.6. The lowest BCUT2D eigenvalue weighted by Crippen LogP contribution is -2.46. The second-order valence-electron chi connectivity index (χ2n) is 5.48. The van der Waals surface area contributed by atoms with E-state index >= 15 is 0 Å². The van der Waals surface area contributed by atoms with Gasteiger partial charge in [0.1, 0.15) is 0 Å². The highest BCUT2D eigenvalue weighted by Crippen LogP contribution is 2.21. The molecule has 118 valence electrons. The maximum Gasteiger partial charge on any atom is 0.337 e. The Morgan fingerprint density at radius 3 is 2.64 bits per heavy atom. The number of pyridine rings is 1. The largest absolute Gasteiger partial charge is 0.479 e. The summed E-state index contributed by atoms with van der Waals surface area (Å²) < 4.78 is 1.59. The zero-order chi connectivity index (χ0) is 16.7. The number of aryl methyl sites for hydroxylation is 3. The zero-order valence-electron chi connectivity index (χ0n) is 12.8. The molecule has 0 bridgehead atoms. The van der Waals surface area contributed by atoms with Crippen molar-refractivity contribution in [2.45, 2.75) is 26.4 Å². The van der Waals surface area contributed by atoms with Crippen molar-refractivity contribution in [2.75, 3.05) is 6.54 Å². The molecule has 2 rings (SSSR count). The maximum atomic E-state index is 12.4. The standard InChI is InChI=1S/C14H18N4O4/c1-7-5-9(10-8(2)17-18(4)11(10)16-7)12(19)15-6-14(3,22)13(20)21/h5,22H,6H2,1-4H3,(H,15,19)(H,20,21). The summed E-state index contributed by atoms with van der Waals surface area (Å²) in [5, 5.41) is 25.8. The zero-order valence-corrected chi connectivity index (χ0v) is 12.8. The number of carboxylic acids is 1. The normalized spacial score (nSPS) is 13.9. The molecule has 2 aromatic rings. The second kappa shape index (κ2) is 5.38. The van der Waals surface area contributed by atoms with Crippen LogP contribution in [0.25, 0.3) is 11.0 Å². The minimum absolute atomic E-state index is 0.356. The van der Waals surface area contributed by atoms with Gasteiger partial charge in [0.2, 0.25) is 0 Å². The molecule has 0 radical (unpaired) electrons. The van der Waals surface area contributed by atoms with Crippen molar-refractivity contribution in [1.29, 1.82) is 0 Å². The molecule has 1 atom stereocenters. The van der Waals surface area contributed by atoms with Crippen LogP contribution in [0.3, 0.4) is 0 Å². The molecular formula is C14H18N4O4. The summed E-state index contributed by atoms with van der Waals surface area (Å²) in [5.74, 6) is -1.88. The molecule has 0 saturated carbocycles. The molecule has 2 aromatic heterocycles. The average Bonchev–Trinajstić information content (AvgIpc) is 2.70. The molecule has 0 aliphatic carbocycles. The number of hydrogen-bond donors (Lipinski definition) is 3. The van der Waals surface area contributed by atoms with Crippen LogP contribution in [0.5, 0.6) is 0 Å². The van der Waals surface area contributed by atoms with Crippen LogP contribution in [0.4, 0.5) is 0 Å². The van der Waals surface area contributed by atoms with Crippen molar-refractivity contribution in [3.8, 4) is 0 Å². The number of nitrogens with zero attached hydrogens (tertiary/aromatic N) is 3. The van der Waals surface area contributed by atoms with Gasteiger partial charge in [0, 0.05) is 12.7 Å². The van der Waals surface area contributed by atoms with E-state index in [1.54, 1.807) is 31.6 Å². The van der Waals surface area contributed by atoms with Crippen molar-refractivity contribution in [2.24, 2.45) is 7.05 Å². The molecule has 1 amide bonds. The van der Waals surface area contributed by atoms with Gasteiger partial charge in [-0.2, -0.15) is 5.10 Å². The van der Waals surface area contributed by atoms with E-state index in [2.05, 4.69) is 15.4 Å². The van der Waals surface area contributed by atoms with Crippen LogP contribution in [0.15, 0.2) is 6.07 Å². The first-order valence-corrected chi connectivity index (χ1v) is 6.68. The van der Waals surface area contributed by atoms with Gasteiger partial charge in [-0.05, 0) is 26.8 Å². The number of aliphatic carboxylic acids is 1.